The Bertz CT molecular complexity index is 854. The van der Waals surface area contributed by atoms with Crippen LogP contribution in [-0.4, -0.2) is 51.9 Å². The van der Waals surface area contributed by atoms with Crippen LogP contribution in [0, 0.1) is 6.92 Å². The average Bonchev–Trinajstić information content (AvgIpc) is 2.77. The van der Waals surface area contributed by atoms with Crippen LogP contribution >= 0.6 is 0 Å². The first-order valence-corrected chi connectivity index (χ1v) is 10.5. The maximum Gasteiger partial charge on any atom is 0.161 e. The molecule has 2 unspecified atom stereocenters. The molecule has 0 radical (unpaired) electrons. The summed E-state index contributed by atoms with van der Waals surface area (Å²) in [5.74, 6) is 2.57. The number of fused-ring (bicyclic) bond motifs is 1. The highest BCUT2D eigenvalue weighted by Gasteiger charge is 2.36. The van der Waals surface area contributed by atoms with Crippen molar-refractivity contribution in [3.63, 3.8) is 0 Å². The van der Waals surface area contributed by atoms with Crippen LogP contribution in [0.2, 0.25) is 0 Å². The van der Waals surface area contributed by atoms with Gasteiger partial charge in [-0.05, 0) is 67.6 Å². The van der Waals surface area contributed by atoms with E-state index in [4.69, 9.17) is 14.2 Å². The van der Waals surface area contributed by atoms with Gasteiger partial charge in [-0.3, -0.25) is 4.90 Å². The molecule has 0 spiro atoms. The first kappa shape index (κ1) is 19.9. The lowest BCUT2D eigenvalue weighted by Gasteiger charge is -2.49. The number of nitrogens with zero attached hydrogens (tertiary/aromatic N) is 2. The van der Waals surface area contributed by atoms with Crippen LogP contribution in [0.25, 0.3) is 0 Å². The van der Waals surface area contributed by atoms with Gasteiger partial charge in [-0.15, -0.1) is 0 Å². The molecule has 0 bridgehead atoms. The number of anilines is 1. The molecule has 29 heavy (non-hydrogen) atoms. The Morgan fingerprint density at radius 2 is 1.59 bits per heavy atom. The van der Waals surface area contributed by atoms with Gasteiger partial charge in [0, 0.05) is 37.4 Å². The minimum absolute atomic E-state index is 0.452. The minimum Gasteiger partial charge on any atom is -0.496 e. The molecule has 0 N–H and O–H groups in total. The summed E-state index contributed by atoms with van der Waals surface area (Å²) in [5.41, 5.74) is 3.83. The molecule has 0 amide bonds. The van der Waals surface area contributed by atoms with Crippen LogP contribution in [0.4, 0.5) is 5.69 Å². The second-order valence-electron chi connectivity index (χ2n) is 8.05. The number of ether oxygens (including phenoxy) is 3. The third kappa shape index (κ3) is 3.88. The summed E-state index contributed by atoms with van der Waals surface area (Å²) in [5, 5.41) is 0. The van der Waals surface area contributed by atoms with Crippen molar-refractivity contribution >= 4 is 5.69 Å². The van der Waals surface area contributed by atoms with Crippen LogP contribution in [-0.2, 0) is 0 Å². The zero-order chi connectivity index (χ0) is 20.4. The van der Waals surface area contributed by atoms with Crippen LogP contribution in [0.5, 0.6) is 17.2 Å². The molecule has 2 heterocycles. The number of piperidine rings is 1. The smallest absolute Gasteiger partial charge is 0.161 e. The highest BCUT2D eigenvalue weighted by molar-refractivity contribution is 5.53. The van der Waals surface area contributed by atoms with E-state index in [1.165, 1.54) is 36.1 Å². The van der Waals surface area contributed by atoms with E-state index in [-0.39, 0.29) is 0 Å². The molecule has 2 aromatic carbocycles. The summed E-state index contributed by atoms with van der Waals surface area (Å²) in [4.78, 5) is 5.24. The zero-order valence-electron chi connectivity index (χ0n) is 18.0. The summed E-state index contributed by atoms with van der Waals surface area (Å²) in [6.07, 6.45) is 3.72. The predicted octanol–water partition coefficient (Wildman–Crippen LogP) is 4.44. The molecular formula is C24H32N2O3. The molecule has 2 fully saturated rings. The van der Waals surface area contributed by atoms with Gasteiger partial charge in [-0.1, -0.05) is 6.07 Å². The van der Waals surface area contributed by atoms with Crippen molar-refractivity contribution in [2.45, 2.75) is 38.3 Å². The summed E-state index contributed by atoms with van der Waals surface area (Å²) in [7, 11) is 5.13. The maximum atomic E-state index is 5.55. The fourth-order valence-corrected chi connectivity index (χ4v) is 4.96. The van der Waals surface area contributed by atoms with Gasteiger partial charge in [-0.2, -0.15) is 0 Å². The Balaban J connectivity index is 1.52. The molecule has 4 rings (SSSR count). The molecule has 2 aromatic rings. The summed E-state index contributed by atoms with van der Waals surface area (Å²) in [6.45, 7) is 5.32. The monoisotopic (exact) mass is 396 g/mol. The van der Waals surface area contributed by atoms with Gasteiger partial charge < -0.3 is 19.1 Å². The Labute approximate surface area is 174 Å². The van der Waals surface area contributed by atoms with E-state index in [0.29, 0.717) is 12.1 Å². The van der Waals surface area contributed by atoms with E-state index in [0.717, 1.165) is 36.9 Å². The van der Waals surface area contributed by atoms with Crippen molar-refractivity contribution in [2.24, 2.45) is 0 Å². The number of piperazine rings is 1. The molecule has 0 aromatic heterocycles. The Kier molecular flexibility index (Phi) is 5.86. The lowest BCUT2D eigenvalue weighted by molar-refractivity contribution is 0.0715. The topological polar surface area (TPSA) is 34.2 Å². The lowest BCUT2D eigenvalue weighted by Crippen LogP contribution is -2.55. The summed E-state index contributed by atoms with van der Waals surface area (Å²) < 4.78 is 16.4. The minimum atomic E-state index is 0.452. The van der Waals surface area contributed by atoms with Crippen molar-refractivity contribution in [3.05, 3.63) is 47.5 Å². The first-order chi connectivity index (χ1) is 14.1. The zero-order valence-corrected chi connectivity index (χ0v) is 18.0. The molecular weight excluding hydrogens is 364 g/mol. The fraction of sp³-hybridized carbons (Fsp3) is 0.500. The maximum absolute atomic E-state index is 5.55. The number of aryl methyl sites for hydroxylation is 1. The van der Waals surface area contributed by atoms with Crippen molar-refractivity contribution in [1.82, 2.24) is 4.90 Å². The van der Waals surface area contributed by atoms with Crippen molar-refractivity contribution < 1.29 is 14.2 Å². The van der Waals surface area contributed by atoms with Crippen LogP contribution in [0.15, 0.2) is 36.4 Å². The molecule has 2 atom stereocenters. The number of hydrogen-bond donors (Lipinski definition) is 0. The second kappa shape index (κ2) is 8.54. The van der Waals surface area contributed by atoms with Gasteiger partial charge in [0.2, 0.25) is 0 Å². The molecule has 5 heteroatoms. The van der Waals surface area contributed by atoms with E-state index >= 15 is 0 Å². The van der Waals surface area contributed by atoms with E-state index in [2.05, 4.69) is 47.1 Å². The summed E-state index contributed by atoms with van der Waals surface area (Å²) in [6, 6.07) is 14.0. The third-order valence-corrected chi connectivity index (χ3v) is 6.48. The van der Waals surface area contributed by atoms with Gasteiger partial charge in [0.25, 0.3) is 0 Å². The van der Waals surface area contributed by atoms with E-state index in [1.807, 2.05) is 6.07 Å². The van der Waals surface area contributed by atoms with Crippen molar-refractivity contribution in [3.8, 4) is 17.2 Å². The molecule has 2 saturated heterocycles. The van der Waals surface area contributed by atoms with Crippen molar-refractivity contribution in [1.29, 1.82) is 0 Å². The largest absolute Gasteiger partial charge is 0.496 e. The summed E-state index contributed by atoms with van der Waals surface area (Å²) >= 11 is 0. The van der Waals surface area contributed by atoms with E-state index < -0.39 is 0 Å². The molecule has 156 valence electrons. The molecule has 2 aliphatic heterocycles. The normalized spacial score (nSPS) is 22.1. The van der Waals surface area contributed by atoms with Gasteiger partial charge in [-0.25, -0.2) is 0 Å². The highest BCUT2D eigenvalue weighted by Crippen LogP contribution is 2.40. The van der Waals surface area contributed by atoms with E-state index in [9.17, 15) is 0 Å². The first-order valence-electron chi connectivity index (χ1n) is 10.5. The standard InChI is InChI=1S/C24H32N2O3/c1-17-14-19(9-11-22(17)27-2)25-12-13-26-20(16-25)6-5-7-21(26)18-8-10-23(28-3)24(15-18)29-4/h8-11,14-15,20-21H,5-7,12-13,16H2,1-4H3. The third-order valence-electron chi connectivity index (χ3n) is 6.48. The second-order valence-corrected chi connectivity index (χ2v) is 8.05. The van der Waals surface area contributed by atoms with Gasteiger partial charge in [0.1, 0.15) is 5.75 Å². The lowest BCUT2D eigenvalue weighted by atomic mass is 9.89. The fourth-order valence-electron chi connectivity index (χ4n) is 4.96. The average molecular weight is 397 g/mol. The predicted molar refractivity (Wildman–Crippen MR) is 117 cm³/mol. The Morgan fingerprint density at radius 1 is 0.828 bits per heavy atom. The van der Waals surface area contributed by atoms with Crippen LogP contribution in [0.1, 0.15) is 36.4 Å². The number of methoxy groups -OCH3 is 3. The van der Waals surface area contributed by atoms with E-state index in [1.54, 1.807) is 21.3 Å². The quantitative estimate of drug-likeness (QED) is 0.747. The van der Waals surface area contributed by atoms with Gasteiger partial charge in [0.15, 0.2) is 11.5 Å². The van der Waals surface area contributed by atoms with Crippen LogP contribution < -0.4 is 19.1 Å². The SMILES string of the molecule is COc1ccc(N2CCN3C(CCCC3c3ccc(OC)c(OC)c3)C2)cc1C. The van der Waals surface area contributed by atoms with Crippen LogP contribution in [0.3, 0.4) is 0 Å². The number of hydrogen-bond acceptors (Lipinski definition) is 5. The number of benzene rings is 2. The molecule has 0 aliphatic carbocycles. The van der Waals surface area contributed by atoms with Crippen molar-refractivity contribution in [2.75, 3.05) is 45.9 Å². The molecule has 5 nitrogen and oxygen atoms in total. The molecule has 0 saturated carbocycles. The van der Waals surface area contributed by atoms with Gasteiger partial charge in [0.05, 0.1) is 21.3 Å². The van der Waals surface area contributed by atoms with Gasteiger partial charge >= 0.3 is 0 Å². The Morgan fingerprint density at radius 3 is 2.31 bits per heavy atom. The Hall–Kier alpha value is -2.40. The molecule has 2 aliphatic rings. The number of rotatable bonds is 5. The highest BCUT2D eigenvalue weighted by atomic mass is 16.5.